The van der Waals surface area contributed by atoms with Gasteiger partial charge in [0.05, 0.1) is 44.7 Å². The van der Waals surface area contributed by atoms with Crippen molar-refractivity contribution in [1.82, 2.24) is 24.4 Å². The number of piperidine rings is 1. The highest BCUT2D eigenvalue weighted by atomic mass is 35.5. The molecule has 3 aromatic carbocycles. The number of thioether (sulfide) groups is 1. The number of hydrogen-bond donors (Lipinski definition) is 2. The SMILES string of the molecule is O=C(CSc1nnc(CNC(=O)c2ccc(S(=O)(=O)N3CCCCC3)cc2)n1-c1cccc(C(F)(F)F)c1)Nc1cc(C(F)(F)F)ccc1Cl. The second-order valence-corrected chi connectivity index (χ2v) is 14.3. The Kier molecular flexibility index (Phi) is 11.1. The summed E-state index contributed by atoms with van der Waals surface area (Å²) in [5.41, 5.74) is -2.28. The molecule has 1 aromatic heterocycles. The Hall–Kier alpha value is -4.13. The van der Waals surface area contributed by atoms with Gasteiger partial charge in [-0.2, -0.15) is 30.6 Å². The van der Waals surface area contributed by atoms with E-state index in [0.717, 1.165) is 61.4 Å². The summed E-state index contributed by atoms with van der Waals surface area (Å²) in [5, 5.41) is 12.6. The molecule has 5 rings (SSSR count). The van der Waals surface area contributed by atoms with Crippen LogP contribution in [0.5, 0.6) is 0 Å². The number of sulfonamides is 1. The Labute approximate surface area is 291 Å². The van der Waals surface area contributed by atoms with Crippen molar-refractivity contribution in [3.8, 4) is 5.69 Å². The van der Waals surface area contributed by atoms with Crippen molar-refractivity contribution in [1.29, 1.82) is 0 Å². The van der Waals surface area contributed by atoms with Gasteiger partial charge >= 0.3 is 12.4 Å². The number of rotatable bonds is 10. The van der Waals surface area contributed by atoms with Crippen molar-refractivity contribution in [2.24, 2.45) is 0 Å². The van der Waals surface area contributed by atoms with Crippen molar-refractivity contribution >= 4 is 50.9 Å². The maximum Gasteiger partial charge on any atom is 0.416 e. The van der Waals surface area contributed by atoms with Crippen molar-refractivity contribution in [3.05, 3.63) is 94.3 Å². The summed E-state index contributed by atoms with van der Waals surface area (Å²) in [6, 6.07) is 11.8. The van der Waals surface area contributed by atoms with E-state index < -0.39 is 51.1 Å². The molecule has 0 spiro atoms. The van der Waals surface area contributed by atoms with E-state index in [0.29, 0.717) is 19.2 Å². The molecule has 0 saturated carbocycles. The number of carbonyl (C=O) groups is 2. The topological polar surface area (TPSA) is 126 Å². The molecule has 0 unspecified atom stereocenters. The normalized spacial score (nSPS) is 14.4. The molecule has 0 atom stereocenters. The lowest BCUT2D eigenvalue weighted by molar-refractivity contribution is -0.138. The number of alkyl halides is 6. The van der Waals surface area contributed by atoms with Crippen LogP contribution in [0.4, 0.5) is 32.0 Å². The second kappa shape index (κ2) is 15.0. The first-order valence-corrected chi connectivity index (χ1v) is 17.6. The van der Waals surface area contributed by atoms with Crippen LogP contribution in [0.3, 0.4) is 0 Å². The molecule has 10 nitrogen and oxygen atoms in total. The average Bonchev–Trinajstić information content (AvgIpc) is 3.49. The number of nitrogens with zero attached hydrogens (tertiary/aromatic N) is 4. The van der Waals surface area contributed by atoms with E-state index in [-0.39, 0.29) is 44.4 Å². The second-order valence-electron chi connectivity index (χ2n) is 11.0. The van der Waals surface area contributed by atoms with Crippen molar-refractivity contribution in [2.45, 2.75) is 48.2 Å². The van der Waals surface area contributed by atoms with Gasteiger partial charge < -0.3 is 10.6 Å². The minimum absolute atomic E-state index is 0.0224. The predicted molar refractivity (Wildman–Crippen MR) is 172 cm³/mol. The molecule has 0 radical (unpaired) electrons. The van der Waals surface area contributed by atoms with Gasteiger partial charge in [0, 0.05) is 18.7 Å². The van der Waals surface area contributed by atoms with E-state index in [1.807, 2.05) is 0 Å². The fourth-order valence-electron chi connectivity index (χ4n) is 5.00. The first-order valence-electron chi connectivity index (χ1n) is 14.8. The Balaban J connectivity index is 1.33. The highest BCUT2D eigenvalue weighted by Gasteiger charge is 2.32. The third-order valence-electron chi connectivity index (χ3n) is 7.51. The monoisotopic (exact) mass is 760 g/mol. The first kappa shape index (κ1) is 37.1. The molecule has 2 amide bonds. The molecule has 2 N–H and O–H groups in total. The van der Waals surface area contributed by atoms with Gasteiger partial charge in [0.15, 0.2) is 11.0 Å². The lowest BCUT2D eigenvalue weighted by Crippen LogP contribution is -2.35. The van der Waals surface area contributed by atoms with E-state index in [1.54, 1.807) is 0 Å². The molecular formula is C31H27ClF6N6O4S2. The molecule has 1 aliphatic rings. The van der Waals surface area contributed by atoms with Crippen LogP contribution in [0.1, 0.15) is 46.6 Å². The zero-order chi connectivity index (χ0) is 36.3. The highest BCUT2D eigenvalue weighted by Crippen LogP contribution is 2.35. The Morgan fingerprint density at radius 1 is 0.860 bits per heavy atom. The Morgan fingerprint density at radius 3 is 2.18 bits per heavy atom. The van der Waals surface area contributed by atoms with Crippen LogP contribution in [0.15, 0.2) is 76.8 Å². The van der Waals surface area contributed by atoms with Gasteiger partial charge in [-0.1, -0.05) is 35.9 Å². The number of benzene rings is 3. The van der Waals surface area contributed by atoms with E-state index >= 15 is 0 Å². The molecule has 0 aliphatic carbocycles. The molecular weight excluding hydrogens is 734 g/mol. The third kappa shape index (κ3) is 8.77. The molecule has 0 bridgehead atoms. The maximum absolute atomic E-state index is 13.6. The van der Waals surface area contributed by atoms with Crippen LogP contribution >= 0.6 is 23.4 Å². The van der Waals surface area contributed by atoms with Crippen molar-refractivity contribution in [2.75, 3.05) is 24.2 Å². The lowest BCUT2D eigenvalue weighted by atomic mass is 10.2. The van der Waals surface area contributed by atoms with E-state index in [2.05, 4.69) is 20.8 Å². The van der Waals surface area contributed by atoms with Crippen LogP contribution in [0.25, 0.3) is 5.69 Å². The molecule has 4 aromatic rings. The lowest BCUT2D eigenvalue weighted by Gasteiger charge is -2.25. The third-order valence-corrected chi connectivity index (χ3v) is 10.7. The summed E-state index contributed by atoms with van der Waals surface area (Å²) in [6.07, 6.45) is -6.94. The zero-order valence-corrected chi connectivity index (χ0v) is 28.1. The molecule has 1 aliphatic heterocycles. The molecule has 1 saturated heterocycles. The van der Waals surface area contributed by atoms with Gasteiger partial charge in [-0.15, -0.1) is 10.2 Å². The summed E-state index contributed by atoms with van der Waals surface area (Å²) in [6.45, 7) is 0.473. The van der Waals surface area contributed by atoms with Crippen LogP contribution in [0, 0.1) is 0 Å². The molecule has 2 heterocycles. The first-order chi connectivity index (χ1) is 23.5. The molecule has 1 fully saturated rings. The summed E-state index contributed by atoms with van der Waals surface area (Å²) in [7, 11) is -3.73. The van der Waals surface area contributed by atoms with Gasteiger partial charge in [-0.25, -0.2) is 8.42 Å². The molecule has 50 heavy (non-hydrogen) atoms. The number of nitrogens with one attached hydrogen (secondary N) is 2. The number of amides is 2. The van der Waals surface area contributed by atoms with Crippen molar-refractivity contribution < 1.29 is 44.3 Å². The number of carbonyl (C=O) groups excluding carboxylic acids is 2. The smallest absolute Gasteiger partial charge is 0.345 e. The number of hydrogen-bond acceptors (Lipinski definition) is 7. The Morgan fingerprint density at radius 2 is 1.52 bits per heavy atom. The predicted octanol–water partition coefficient (Wildman–Crippen LogP) is 6.79. The minimum Gasteiger partial charge on any atom is -0.345 e. The number of aromatic nitrogens is 3. The van der Waals surface area contributed by atoms with Gasteiger partial charge in [0.1, 0.15) is 0 Å². The minimum atomic E-state index is -4.70. The maximum atomic E-state index is 13.6. The zero-order valence-electron chi connectivity index (χ0n) is 25.7. The van der Waals surface area contributed by atoms with Gasteiger partial charge in [0.2, 0.25) is 15.9 Å². The van der Waals surface area contributed by atoms with Gasteiger partial charge in [0.25, 0.3) is 5.91 Å². The Bertz CT molecular complexity index is 1980. The fourth-order valence-corrected chi connectivity index (χ4v) is 7.45. The van der Waals surface area contributed by atoms with E-state index in [9.17, 15) is 44.3 Å². The van der Waals surface area contributed by atoms with Crippen LogP contribution in [0.2, 0.25) is 5.02 Å². The quantitative estimate of drug-likeness (QED) is 0.135. The fraction of sp³-hybridized carbons (Fsp3) is 0.290. The number of anilines is 1. The van der Waals surface area contributed by atoms with Crippen LogP contribution in [-0.4, -0.2) is 58.1 Å². The van der Waals surface area contributed by atoms with Crippen molar-refractivity contribution in [3.63, 3.8) is 0 Å². The van der Waals surface area contributed by atoms with Crippen LogP contribution in [-0.2, 0) is 33.7 Å². The van der Waals surface area contributed by atoms with Gasteiger partial charge in [-0.05, 0) is 73.5 Å². The molecule has 19 heteroatoms. The summed E-state index contributed by atoms with van der Waals surface area (Å²) < 4.78 is 109. The largest absolute Gasteiger partial charge is 0.416 e. The molecule has 266 valence electrons. The standard InChI is InChI=1S/C31H27ClF6N6O4S2/c32-24-12-9-21(31(36,37)38)16-25(24)40-27(45)18-49-29-42-41-26(44(29)22-6-4-5-20(15-22)30(33,34)35)17-39-28(46)19-7-10-23(11-8-19)50(47,48)43-13-2-1-3-14-43/h4-12,15-16H,1-3,13-14,17-18H2,(H,39,46)(H,40,45). The summed E-state index contributed by atoms with van der Waals surface area (Å²) in [5.74, 6) is -1.92. The summed E-state index contributed by atoms with van der Waals surface area (Å²) in [4.78, 5) is 25.7. The van der Waals surface area contributed by atoms with Gasteiger partial charge in [-0.3, -0.25) is 14.2 Å². The summed E-state index contributed by atoms with van der Waals surface area (Å²) >= 11 is 6.68. The van der Waals surface area contributed by atoms with E-state index in [1.165, 1.54) is 39.2 Å². The van der Waals surface area contributed by atoms with Crippen LogP contribution < -0.4 is 10.6 Å². The van der Waals surface area contributed by atoms with E-state index in [4.69, 9.17) is 11.6 Å². The average molecular weight is 761 g/mol. The highest BCUT2D eigenvalue weighted by molar-refractivity contribution is 7.99. The number of halogens is 7.